The molecule has 0 aliphatic rings. The summed E-state index contributed by atoms with van der Waals surface area (Å²) in [7, 11) is 0. The minimum Gasteiger partial charge on any atom is -0.480 e. The molecule has 1 atom stereocenters. The van der Waals surface area contributed by atoms with Gasteiger partial charge in [-0.1, -0.05) is 19.0 Å². The minimum atomic E-state index is -1.14. The molecule has 0 rings (SSSR count). The molecular formula is C6H11NNaO3. The molecule has 0 saturated heterocycles. The van der Waals surface area contributed by atoms with Crippen LogP contribution in [0, 0.1) is 10.8 Å². The fraction of sp³-hybridized carbons (Fsp3) is 0.833. The first-order chi connectivity index (χ1) is 4.57. The van der Waals surface area contributed by atoms with Crippen molar-refractivity contribution >= 4 is 35.5 Å². The van der Waals surface area contributed by atoms with Crippen LogP contribution in [0.5, 0.6) is 0 Å². The van der Waals surface area contributed by atoms with Crippen LogP contribution in [0.4, 0.5) is 0 Å². The van der Waals surface area contributed by atoms with Gasteiger partial charge in [-0.05, 0) is 12.3 Å². The second-order valence-corrected chi connectivity index (χ2v) is 2.59. The van der Waals surface area contributed by atoms with Gasteiger partial charge in [-0.3, -0.25) is 0 Å². The van der Waals surface area contributed by atoms with Crippen molar-refractivity contribution in [1.82, 2.24) is 0 Å². The smallest absolute Gasteiger partial charge is 0.332 e. The summed E-state index contributed by atoms with van der Waals surface area (Å²) in [6.07, 6.45) is 0.318. The van der Waals surface area contributed by atoms with Gasteiger partial charge in [-0.25, -0.2) is 4.79 Å². The molecule has 0 aromatic carbocycles. The van der Waals surface area contributed by atoms with Crippen molar-refractivity contribution in [2.75, 3.05) is 0 Å². The number of hydrogen-bond donors (Lipinski definition) is 1. The SMILES string of the molecule is CC(C)C[C@H](N=O)C(=O)O.[Na]. The van der Waals surface area contributed by atoms with Crippen molar-refractivity contribution < 1.29 is 9.90 Å². The summed E-state index contributed by atoms with van der Waals surface area (Å²) in [5.74, 6) is -0.942. The second kappa shape index (κ2) is 6.76. The summed E-state index contributed by atoms with van der Waals surface area (Å²) in [5, 5.41) is 10.8. The van der Waals surface area contributed by atoms with Crippen molar-refractivity contribution in [1.29, 1.82) is 0 Å². The Hall–Kier alpha value is 0.0700. The van der Waals surface area contributed by atoms with Gasteiger partial charge in [0.1, 0.15) is 0 Å². The van der Waals surface area contributed by atoms with Crippen LogP contribution in [-0.2, 0) is 4.79 Å². The molecule has 11 heavy (non-hydrogen) atoms. The summed E-state index contributed by atoms with van der Waals surface area (Å²) in [5.41, 5.74) is 0. The summed E-state index contributed by atoms with van der Waals surface area (Å²) in [6, 6.07) is -1.07. The van der Waals surface area contributed by atoms with Crippen molar-refractivity contribution in [3.63, 3.8) is 0 Å². The number of carboxylic acid groups (broad SMARTS) is 1. The molecule has 5 heteroatoms. The van der Waals surface area contributed by atoms with Gasteiger partial charge in [0, 0.05) is 29.6 Å². The van der Waals surface area contributed by atoms with Gasteiger partial charge in [-0.2, -0.15) is 0 Å². The predicted octanol–water partition coefficient (Wildman–Crippen LogP) is 0.871. The average molecular weight is 168 g/mol. The van der Waals surface area contributed by atoms with E-state index in [1.165, 1.54) is 0 Å². The van der Waals surface area contributed by atoms with E-state index in [2.05, 4.69) is 5.18 Å². The number of hydrogen-bond acceptors (Lipinski definition) is 3. The van der Waals surface area contributed by atoms with Gasteiger partial charge in [0.2, 0.25) is 0 Å². The van der Waals surface area contributed by atoms with E-state index in [1.54, 1.807) is 0 Å². The number of nitrogens with zero attached hydrogens (tertiary/aromatic N) is 1. The summed E-state index contributed by atoms with van der Waals surface area (Å²) >= 11 is 0. The van der Waals surface area contributed by atoms with Crippen LogP contribution in [0.1, 0.15) is 20.3 Å². The maximum absolute atomic E-state index is 10.2. The van der Waals surface area contributed by atoms with Crippen molar-refractivity contribution in [2.24, 2.45) is 11.1 Å². The zero-order valence-corrected chi connectivity index (χ0v) is 9.07. The molecule has 0 heterocycles. The zero-order chi connectivity index (χ0) is 8.15. The van der Waals surface area contributed by atoms with E-state index >= 15 is 0 Å². The molecule has 59 valence electrons. The second-order valence-electron chi connectivity index (χ2n) is 2.59. The summed E-state index contributed by atoms with van der Waals surface area (Å²) in [6.45, 7) is 3.70. The van der Waals surface area contributed by atoms with Gasteiger partial charge in [0.15, 0.2) is 6.04 Å². The quantitative estimate of drug-likeness (QED) is 0.500. The van der Waals surface area contributed by atoms with E-state index in [4.69, 9.17) is 5.11 Å². The molecular weight excluding hydrogens is 157 g/mol. The van der Waals surface area contributed by atoms with E-state index in [0.29, 0.717) is 6.42 Å². The molecule has 0 fully saturated rings. The van der Waals surface area contributed by atoms with Crippen molar-refractivity contribution in [2.45, 2.75) is 26.3 Å². The van der Waals surface area contributed by atoms with Gasteiger partial charge in [-0.15, -0.1) is 4.91 Å². The molecule has 0 spiro atoms. The Morgan fingerprint density at radius 2 is 2.00 bits per heavy atom. The van der Waals surface area contributed by atoms with Crippen LogP contribution in [0.2, 0.25) is 0 Å². The third kappa shape index (κ3) is 6.47. The van der Waals surface area contributed by atoms with Crippen LogP contribution in [0.3, 0.4) is 0 Å². The Bertz CT molecular complexity index is 138. The molecule has 0 amide bonds. The number of rotatable bonds is 4. The molecule has 0 aliphatic heterocycles. The molecule has 0 bridgehead atoms. The van der Waals surface area contributed by atoms with Crippen molar-refractivity contribution in [3.8, 4) is 0 Å². The molecule has 0 aliphatic carbocycles. The van der Waals surface area contributed by atoms with Crippen molar-refractivity contribution in [3.05, 3.63) is 4.91 Å². The maximum Gasteiger partial charge on any atom is 0.332 e. The fourth-order valence-corrected chi connectivity index (χ4v) is 0.635. The Kier molecular flexibility index (Phi) is 8.39. The Labute approximate surface area is 87.6 Å². The third-order valence-electron chi connectivity index (χ3n) is 1.11. The van der Waals surface area contributed by atoms with Crippen LogP contribution in [0.15, 0.2) is 5.18 Å². The first-order valence-electron chi connectivity index (χ1n) is 3.13. The zero-order valence-electron chi connectivity index (χ0n) is 7.07. The van der Waals surface area contributed by atoms with Gasteiger partial charge in [0.25, 0.3) is 0 Å². The van der Waals surface area contributed by atoms with Gasteiger partial charge >= 0.3 is 5.97 Å². The maximum atomic E-state index is 10.2. The monoisotopic (exact) mass is 168 g/mol. The minimum absolute atomic E-state index is 0. The van der Waals surface area contributed by atoms with Gasteiger partial charge < -0.3 is 5.11 Å². The molecule has 4 nitrogen and oxygen atoms in total. The Morgan fingerprint density at radius 1 is 1.55 bits per heavy atom. The van der Waals surface area contributed by atoms with Crippen LogP contribution in [-0.4, -0.2) is 46.7 Å². The van der Waals surface area contributed by atoms with E-state index in [9.17, 15) is 9.70 Å². The molecule has 1 radical (unpaired) electrons. The number of aliphatic carboxylic acids is 1. The van der Waals surface area contributed by atoms with E-state index in [1.807, 2.05) is 13.8 Å². The summed E-state index contributed by atoms with van der Waals surface area (Å²) < 4.78 is 0. The van der Waals surface area contributed by atoms with E-state index in [0.717, 1.165) is 0 Å². The number of nitroso groups, excluding NO2 is 1. The number of carbonyl (C=O) groups is 1. The number of carboxylic acids is 1. The largest absolute Gasteiger partial charge is 0.480 e. The standard InChI is InChI=1S/C6H11NO3.Na/c1-4(2)3-5(7-10)6(8)9;/h4-5H,3H2,1-2H3,(H,8,9);/t5-;/m0./s1. The molecule has 0 aromatic heterocycles. The summed E-state index contributed by atoms with van der Waals surface area (Å²) in [4.78, 5) is 20.0. The topological polar surface area (TPSA) is 66.7 Å². The molecule has 0 unspecified atom stereocenters. The average Bonchev–Trinajstić information content (AvgIpc) is 1.81. The normalized spacial score (nSPS) is 11.9. The van der Waals surface area contributed by atoms with Gasteiger partial charge in [0.05, 0.1) is 0 Å². The Balaban J connectivity index is 0. The fourth-order valence-electron chi connectivity index (χ4n) is 0.635. The Morgan fingerprint density at radius 3 is 2.09 bits per heavy atom. The first-order valence-corrected chi connectivity index (χ1v) is 3.13. The van der Waals surface area contributed by atoms with Crippen LogP contribution < -0.4 is 0 Å². The third-order valence-corrected chi connectivity index (χ3v) is 1.11. The molecule has 1 N–H and O–H groups in total. The van der Waals surface area contributed by atoms with E-state index in [-0.39, 0.29) is 35.5 Å². The molecule has 0 saturated carbocycles. The van der Waals surface area contributed by atoms with E-state index < -0.39 is 12.0 Å². The predicted molar refractivity (Wildman–Crippen MR) is 42.4 cm³/mol. The molecule has 0 aromatic rings. The van der Waals surface area contributed by atoms with Crippen LogP contribution in [0.25, 0.3) is 0 Å². The van der Waals surface area contributed by atoms with Crippen LogP contribution >= 0.6 is 0 Å². The first kappa shape index (κ1) is 13.6.